The first-order chi connectivity index (χ1) is 26.7. The Morgan fingerprint density at radius 2 is 1.16 bits per heavy atom. The fourth-order valence-corrected chi connectivity index (χ4v) is 8.85. The number of hydrogen-bond donors (Lipinski definition) is 0. The van der Waals surface area contributed by atoms with Crippen molar-refractivity contribution in [1.29, 1.82) is 0 Å². The lowest BCUT2D eigenvalue weighted by atomic mass is 9.68. The summed E-state index contributed by atoms with van der Waals surface area (Å²) in [5, 5.41) is 1.28. The zero-order chi connectivity index (χ0) is 40.0. The summed E-state index contributed by atoms with van der Waals surface area (Å²) in [5.74, 6) is 2.47. The molecule has 5 aromatic rings. The first kappa shape index (κ1) is 39.4. The maximum absolute atomic E-state index is 13.8. The largest absolute Gasteiger partial charge is 0.497 e. The van der Waals surface area contributed by atoms with Crippen LogP contribution in [0.3, 0.4) is 0 Å². The zero-order valence-corrected chi connectivity index (χ0v) is 32.7. The van der Waals surface area contributed by atoms with Gasteiger partial charge in [-0.1, -0.05) is 52.3 Å². The summed E-state index contributed by atoms with van der Waals surface area (Å²) in [6, 6.07) is 24.0. The third-order valence-corrected chi connectivity index (χ3v) is 11.5. The molecular weight excluding hydrogens is 802 g/mol. The first-order valence-corrected chi connectivity index (χ1v) is 18.8. The summed E-state index contributed by atoms with van der Waals surface area (Å²) < 4.78 is 113. The average Bonchev–Trinajstić information content (AvgIpc) is 3.45. The molecule has 5 aromatic carbocycles. The molecule has 1 aliphatic heterocycles. The van der Waals surface area contributed by atoms with Crippen LogP contribution in [0.15, 0.2) is 89.4 Å². The van der Waals surface area contributed by atoms with Crippen molar-refractivity contribution < 1.29 is 50.0 Å². The molecule has 2 aliphatic rings. The van der Waals surface area contributed by atoms with Gasteiger partial charge in [0.1, 0.15) is 17.2 Å². The van der Waals surface area contributed by atoms with Crippen molar-refractivity contribution in [2.24, 2.45) is 0 Å². The van der Waals surface area contributed by atoms with Gasteiger partial charge in [0.05, 0.1) is 28.4 Å². The van der Waals surface area contributed by atoms with Gasteiger partial charge in [-0.15, -0.1) is 0 Å². The molecule has 0 radical (unpaired) electrons. The van der Waals surface area contributed by atoms with Crippen molar-refractivity contribution in [3.63, 3.8) is 0 Å². The third-order valence-electron chi connectivity index (χ3n) is 11.0. The van der Waals surface area contributed by atoms with Gasteiger partial charge in [-0.05, 0) is 108 Å². The number of rotatable bonds is 12. The lowest BCUT2D eigenvalue weighted by molar-refractivity contribution is -0.136. The minimum atomic E-state index is -4.46. The van der Waals surface area contributed by atoms with E-state index in [1.165, 1.54) is 14.2 Å². The number of fused-ring (bicyclic) bond motifs is 8. The maximum Gasteiger partial charge on any atom is 0.389 e. The van der Waals surface area contributed by atoms with Crippen molar-refractivity contribution in [3.8, 4) is 39.9 Å². The van der Waals surface area contributed by atoms with Gasteiger partial charge >= 0.3 is 12.4 Å². The molecule has 0 unspecified atom stereocenters. The SMILES string of the molecule is COc1ccc(C2(c3ccc(OC)cc3)C=Cc3c4c(c5cc(OC)c(OC)cc5c3O2)-c2ccc(Br)cc2C4(CCCC(F)(F)F)CCCC(F)(F)F)cc1. The molecule has 0 fully saturated rings. The topological polar surface area (TPSA) is 46.2 Å². The van der Waals surface area contributed by atoms with Crippen LogP contribution in [0.4, 0.5) is 26.3 Å². The van der Waals surface area contributed by atoms with Crippen molar-refractivity contribution >= 4 is 32.8 Å². The van der Waals surface area contributed by atoms with Crippen LogP contribution in [0.25, 0.3) is 28.0 Å². The molecular formula is C44H39BrF6O5. The molecule has 0 saturated carbocycles. The highest BCUT2D eigenvalue weighted by Crippen LogP contribution is 2.62. The summed E-state index contributed by atoms with van der Waals surface area (Å²) in [4.78, 5) is 0. The fourth-order valence-electron chi connectivity index (χ4n) is 8.49. The van der Waals surface area contributed by atoms with E-state index in [9.17, 15) is 26.3 Å². The van der Waals surface area contributed by atoms with E-state index in [1.54, 1.807) is 14.2 Å². The third kappa shape index (κ3) is 7.05. The van der Waals surface area contributed by atoms with Gasteiger partial charge in [0.2, 0.25) is 0 Å². The molecule has 56 heavy (non-hydrogen) atoms. The molecule has 0 bridgehead atoms. The van der Waals surface area contributed by atoms with Crippen molar-refractivity contribution in [1.82, 2.24) is 0 Å². The van der Waals surface area contributed by atoms with Crippen LogP contribution in [0.2, 0.25) is 0 Å². The van der Waals surface area contributed by atoms with E-state index in [1.807, 2.05) is 91.0 Å². The molecule has 0 amide bonds. The second-order valence-electron chi connectivity index (χ2n) is 14.1. The van der Waals surface area contributed by atoms with E-state index >= 15 is 0 Å². The van der Waals surface area contributed by atoms with Crippen molar-refractivity contribution in [2.45, 2.75) is 61.9 Å². The van der Waals surface area contributed by atoms with Crippen molar-refractivity contribution in [2.75, 3.05) is 28.4 Å². The van der Waals surface area contributed by atoms with Crippen LogP contribution in [0.1, 0.15) is 66.3 Å². The molecule has 7 rings (SSSR count). The summed E-state index contributed by atoms with van der Waals surface area (Å²) in [5.41, 5.74) is 2.28. The highest BCUT2D eigenvalue weighted by molar-refractivity contribution is 9.10. The smallest absolute Gasteiger partial charge is 0.389 e. The molecule has 0 atom stereocenters. The lowest BCUT2D eigenvalue weighted by Crippen LogP contribution is -2.35. The van der Waals surface area contributed by atoms with Crippen molar-refractivity contribution in [3.05, 3.63) is 117 Å². The Kier molecular flexibility index (Phi) is 10.5. The Hall–Kier alpha value is -4.84. The van der Waals surface area contributed by atoms with Crippen LogP contribution >= 0.6 is 15.9 Å². The molecule has 0 spiro atoms. The van der Waals surface area contributed by atoms with Gasteiger partial charge in [0, 0.05) is 44.8 Å². The Morgan fingerprint density at radius 3 is 1.64 bits per heavy atom. The number of hydrogen-bond acceptors (Lipinski definition) is 5. The molecule has 0 N–H and O–H groups in total. The van der Waals surface area contributed by atoms with Crippen LogP contribution in [-0.2, 0) is 11.0 Å². The lowest BCUT2D eigenvalue weighted by Gasteiger charge is -2.40. The van der Waals surface area contributed by atoms with E-state index in [2.05, 4.69) is 15.9 Å². The zero-order valence-electron chi connectivity index (χ0n) is 31.1. The number of methoxy groups -OCH3 is 4. The standard InChI is InChI=1S/C44H39BrF6O5/c1-52-29-12-7-26(8-13-29)42(27-9-14-30(53-2)15-10-27)22-17-32-39-38(33-24-36(54-3)37(55-4)25-34(33)40(32)56-42)31-16-11-28(45)23-35(31)41(39,18-5-20-43(46,47)48)19-6-21-44(49,50)51/h7-17,22-25H,5-6,18-21H2,1-4H3. The predicted molar refractivity (Wildman–Crippen MR) is 207 cm³/mol. The molecule has 0 aromatic heterocycles. The van der Waals surface area contributed by atoms with E-state index < -0.39 is 36.2 Å². The Bertz CT molecular complexity index is 2210. The van der Waals surface area contributed by atoms with Crippen LogP contribution in [0, 0.1) is 0 Å². The molecule has 294 valence electrons. The van der Waals surface area contributed by atoms with Gasteiger partial charge in [-0.3, -0.25) is 0 Å². The van der Waals surface area contributed by atoms with E-state index in [0.717, 1.165) is 16.7 Å². The quantitative estimate of drug-likeness (QED) is 0.117. The Balaban J connectivity index is 1.57. The second-order valence-corrected chi connectivity index (χ2v) is 15.0. The molecule has 5 nitrogen and oxygen atoms in total. The highest BCUT2D eigenvalue weighted by Gasteiger charge is 2.49. The van der Waals surface area contributed by atoms with Gasteiger partial charge in [-0.25, -0.2) is 0 Å². The summed E-state index contributed by atoms with van der Waals surface area (Å²) in [7, 11) is 6.16. The van der Waals surface area contributed by atoms with Crippen LogP contribution in [0.5, 0.6) is 28.7 Å². The number of alkyl halides is 6. The minimum Gasteiger partial charge on any atom is -0.497 e. The second kappa shape index (κ2) is 14.9. The monoisotopic (exact) mass is 840 g/mol. The Labute approximate surface area is 329 Å². The van der Waals surface area contributed by atoms with E-state index in [-0.39, 0.29) is 25.7 Å². The van der Waals surface area contributed by atoms with Gasteiger partial charge in [0.15, 0.2) is 17.1 Å². The molecule has 0 saturated heterocycles. The number of halogens is 7. The van der Waals surface area contributed by atoms with Crippen LogP contribution in [-0.4, -0.2) is 40.8 Å². The maximum atomic E-state index is 13.8. The number of benzene rings is 5. The average molecular weight is 842 g/mol. The normalized spacial score (nSPS) is 15.1. The van der Waals surface area contributed by atoms with E-state index in [0.29, 0.717) is 66.2 Å². The van der Waals surface area contributed by atoms with Gasteiger partial charge in [0.25, 0.3) is 0 Å². The predicted octanol–water partition coefficient (Wildman–Crippen LogP) is 12.7. The molecule has 1 heterocycles. The van der Waals surface area contributed by atoms with Crippen LogP contribution < -0.4 is 23.7 Å². The molecule has 1 aliphatic carbocycles. The molecule has 12 heteroatoms. The fraction of sp³-hybridized carbons (Fsp3) is 0.318. The first-order valence-electron chi connectivity index (χ1n) is 18.0. The summed E-state index contributed by atoms with van der Waals surface area (Å²) >= 11 is 3.56. The summed E-state index contributed by atoms with van der Waals surface area (Å²) in [6.45, 7) is 0. The van der Waals surface area contributed by atoms with Gasteiger partial charge in [-0.2, -0.15) is 26.3 Å². The number of ether oxygens (including phenoxy) is 5. The summed E-state index contributed by atoms with van der Waals surface area (Å²) in [6.07, 6.45) is -7.98. The van der Waals surface area contributed by atoms with Gasteiger partial charge < -0.3 is 23.7 Å². The Morgan fingerprint density at radius 1 is 0.643 bits per heavy atom. The van der Waals surface area contributed by atoms with E-state index in [4.69, 9.17) is 23.7 Å². The highest BCUT2D eigenvalue weighted by atomic mass is 79.9. The minimum absolute atomic E-state index is 0.0536.